The number of carbonyl (C=O) groups excluding carboxylic acids is 2. The van der Waals surface area contributed by atoms with Crippen LogP contribution in [0.25, 0.3) is 0 Å². The number of esters is 1. The monoisotopic (exact) mass is 200 g/mol. The Morgan fingerprint density at radius 3 is 2.29 bits per heavy atom. The van der Waals surface area contributed by atoms with Gasteiger partial charge in [0, 0.05) is 6.92 Å². The van der Waals surface area contributed by atoms with Crippen molar-refractivity contribution >= 4 is 11.8 Å². The van der Waals surface area contributed by atoms with Gasteiger partial charge in [0.1, 0.15) is 0 Å². The largest absolute Gasteiger partial charge is 0.504 e. The number of ketones is 1. The molecule has 0 unspecified atom stereocenters. The van der Waals surface area contributed by atoms with Gasteiger partial charge in [0.2, 0.25) is 0 Å². The quantitative estimate of drug-likeness (QED) is 0.318. The van der Waals surface area contributed by atoms with Gasteiger partial charge >= 0.3 is 5.97 Å². The van der Waals surface area contributed by atoms with Gasteiger partial charge in [-0.15, -0.1) is 0 Å². The number of unbranched alkanes of at least 4 members (excludes halogenated alkanes) is 1. The van der Waals surface area contributed by atoms with Crippen molar-refractivity contribution < 1.29 is 19.4 Å². The summed E-state index contributed by atoms with van der Waals surface area (Å²) >= 11 is 0. The predicted octanol–water partition coefficient (Wildman–Crippen LogP) is 1.75. The van der Waals surface area contributed by atoms with Crippen molar-refractivity contribution in [3.05, 3.63) is 11.3 Å². The van der Waals surface area contributed by atoms with Crippen molar-refractivity contribution in [2.75, 3.05) is 6.61 Å². The first-order valence-corrected chi connectivity index (χ1v) is 4.58. The van der Waals surface area contributed by atoms with Gasteiger partial charge in [0.05, 0.1) is 12.2 Å². The van der Waals surface area contributed by atoms with E-state index in [9.17, 15) is 9.59 Å². The molecule has 80 valence electrons. The molecule has 0 rings (SSSR count). The Labute approximate surface area is 83.6 Å². The third kappa shape index (κ3) is 4.07. The Morgan fingerprint density at radius 2 is 1.86 bits per heavy atom. The van der Waals surface area contributed by atoms with Crippen LogP contribution in [0.4, 0.5) is 0 Å². The third-order valence-electron chi connectivity index (χ3n) is 1.73. The van der Waals surface area contributed by atoms with Crippen LogP contribution in [0.15, 0.2) is 11.3 Å². The van der Waals surface area contributed by atoms with Gasteiger partial charge < -0.3 is 9.84 Å². The second-order valence-corrected chi connectivity index (χ2v) is 3.02. The fourth-order valence-electron chi connectivity index (χ4n) is 0.778. The zero-order chi connectivity index (χ0) is 11.1. The highest BCUT2D eigenvalue weighted by atomic mass is 16.5. The lowest BCUT2D eigenvalue weighted by Crippen LogP contribution is -2.11. The highest BCUT2D eigenvalue weighted by Crippen LogP contribution is 2.04. The van der Waals surface area contributed by atoms with Crippen molar-refractivity contribution in [1.29, 1.82) is 0 Å². The van der Waals surface area contributed by atoms with Gasteiger partial charge in [-0.3, -0.25) is 4.79 Å². The average molecular weight is 200 g/mol. The number of aliphatic hydroxyl groups is 1. The van der Waals surface area contributed by atoms with Gasteiger partial charge in [-0.25, -0.2) is 4.79 Å². The normalized spacial score (nSPS) is 11.9. The van der Waals surface area contributed by atoms with Gasteiger partial charge in [0.25, 0.3) is 0 Å². The van der Waals surface area contributed by atoms with E-state index in [0.717, 1.165) is 12.8 Å². The van der Waals surface area contributed by atoms with E-state index < -0.39 is 17.5 Å². The number of hydrogen-bond acceptors (Lipinski definition) is 4. The van der Waals surface area contributed by atoms with E-state index in [1.807, 2.05) is 6.92 Å². The second kappa shape index (κ2) is 6.18. The molecule has 0 atom stereocenters. The Morgan fingerprint density at radius 1 is 1.29 bits per heavy atom. The standard InChI is InChI=1S/C10H16O4/c1-4-5-6-14-10(13)7(2)9(12)8(3)11/h12H,4-6H2,1-3H3. The van der Waals surface area contributed by atoms with Crippen molar-refractivity contribution in [3.63, 3.8) is 0 Å². The molecule has 0 aliphatic rings. The summed E-state index contributed by atoms with van der Waals surface area (Å²) in [6, 6.07) is 0. The Hall–Kier alpha value is -1.32. The average Bonchev–Trinajstić information content (AvgIpc) is 2.15. The molecule has 0 amide bonds. The minimum absolute atomic E-state index is 0.0337. The summed E-state index contributed by atoms with van der Waals surface area (Å²) in [6.07, 6.45) is 1.70. The van der Waals surface area contributed by atoms with Gasteiger partial charge in [-0.2, -0.15) is 0 Å². The number of aliphatic hydroxyl groups excluding tert-OH is 1. The summed E-state index contributed by atoms with van der Waals surface area (Å²) in [7, 11) is 0. The number of rotatable bonds is 5. The zero-order valence-electron chi connectivity index (χ0n) is 8.79. The molecule has 0 fully saturated rings. The number of Topliss-reactive ketones (excluding diaryl/α,β-unsaturated/α-hetero) is 1. The summed E-state index contributed by atoms with van der Waals surface area (Å²) in [5, 5.41) is 9.15. The number of ether oxygens (including phenoxy) is 1. The topological polar surface area (TPSA) is 63.6 Å². The minimum atomic E-state index is -0.633. The summed E-state index contributed by atoms with van der Waals surface area (Å²) in [5.74, 6) is -1.69. The maximum absolute atomic E-state index is 11.2. The van der Waals surface area contributed by atoms with Gasteiger partial charge in [-0.05, 0) is 13.3 Å². The first-order valence-electron chi connectivity index (χ1n) is 4.58. The van der Waals surface area contributed by atoms with Crippen molar-refractivity contribution in [1.82, 2.24) is 0 Å². The molecule has 0 aromatic rings. The van der Waals surface area contributed by atoms with Crippen molar-refractivity contribution in [2.24, 2.45) is 0 Å². The van der Waals surface area contributed by atoms with Crippen LogP contribution < -0.4 is 0 Å². The third-order valence-corrected chi connectivity index (χ3v) is 1.73. The maximum atomic E-state index is 11.2. The van der Waals surface area contributed by atoms with E-state index in [2.05, 4.69) is 0 Å². The molecule has 0 aliphatic carbocycles. The molecule has 14 heavy (non-hydrogen) atoms. The zero-order valence-corrected chi connectivity index (χ0v) is 8.79. The van der Waals surface area contributed by atoms with E-state index in [1.165, 1.54) is 13.8 Å². The molecule has 0 aromatic carbocycles. The van der Waals surface area contributed by atoms with E-state index in [1.54, 1.807) is 0 Å². The summed E-state index contributed by atoms with van der Waals surface area (Å²) in [6.45, 7) is 4.85. The Balaban J connectivity index is 4.25. The fourth-order valence-corrected chi connectivity index (χ4v) is 0.778. The summed E-state index contributed by atoms with van der Waals surface area (Å²) in [5.41, 5.74) is -0.0337. The van der Waals surface area contributed by atoms with Crippen molar-refractivity contribution in [2.45, 2.75) is 33.6 Å². The molecular weight excluding hydrogens is 184 g/mol. The lowest BCUT2D eigenvalue weighted by Gasteiger charge is -2.04. The number of carbonyl (C=O) groups is 2. The summed E-state index contributed by atoms with van der Waals surface area (Å²) in [4.78, 5) is 21.9. The molecule has 0 radical (unpaired) electrons. The maximum Gasteiger partial charge on any atom is 0.337 e. The predicted molar refractivity (Wildman–Crippen MR) is 51.9 cm³/mol. The van der Waals surface area contributed by atoms with Gasteiger partial charge in [-0.1, -0.05) is 13.3 Å². The smallest absolute Gasteiger partial charge is 0.337 e. The van der Waals surface area contributed by atoms with Crippen LogP contribution in [0.2, 0.25) is 0 Å². The summed E-state index contributed by atoms with van der Waals surface area (Å²) < 4.78 is 4.81. The molecule has 4 heteroatoms. The van der Waals surface area contributed by atoms with Crippen LogP contribution in [0.3, 0.4) is 0 Å². The highest BCUT2D eigenvalue weighted by molar-refractivity contribution is 6.00. The molecular formula is C10H16O4. The van der Waals surface area contributed by atoms with Crippen LogP contribution >= 0.6 is 0 Å². The number of allylic oxidation sites excluding steroid dienone is 1. The molecule has 0 bridgehead atoms. The molecule has 0 aromatic heterocycles. The SMILES string of the molecule is CCCCOC(=O)C(C)=C(O)C(C)=O. The lowest BCUT2D eigenvalue weighted by atomic mass is 10.2. The van der Waals surface area contributed by atoms with E-state index >= 15 is 0 Å². The van der Waals surface area contributed by atoms with E-state index in [-0.39, 0.29) is 5.57 Å². The minimum Gasteiger partial charge on any atom is -0.504 e. The van der Waals surface area contributed by atoms with Crippen LogP contribution in [-0.4, -0.2) is 23.5 Å². The van der Waals surface area contributed by atoms with E-state index in [4.69, 9.17) is 9.84 Å². The Kier molecular flexibility index (Phi) is 5.60. The van der Waals surface area contributed by atoms with Crippen LogP contribution in [0.5, 0.6) is 0 Å². The molecule has 0 heterocycles. The number of hydrogen-bond donors (Lipinski definition) is 1. The van der Waals surface area contributed by atoms with E-state index in [0.29, 0.717) is 6.61 Å². The van der Waals surface area contributed by atoms with Gasteiger partial charge in [0.15, 0.2) is 11.5 Å². The molecule has 0 spiro atoms. The first-order chi connectivity index (χ1) is 6.50. The first kappa shape index (κ1) is 12.7. The van der Waals surface area contributed by atoms with Crippen LogP contribution in [-0.2, 0) is 14.3 Å². The molecule has 0 aliphatic heterocycles. The Bertz CT molecular complexity index is 253. The lowest BCUT2D eigenvalue weighted by molar-refractivity contribution is -0.139. The van der Waals surface area contributed by atoms with Crippen molar-refractivity contribution in [3.8, 4) is 0 Å². The van der Waals surface area contributed by atoms with Crippen LogP contribution in [0.1, 0.15) is 33.6 Å². The second-order valence-electron chi connectivity index (χ2n) is 3.02. The fraction of sp³-hybridized carbons (Fsp3) is 0.600. The molecule has 0 saturated heterocycles. The molecule has 4 nitrogen and oxygen atoms in total. The van der Waals surface area contributed by atoms with Crippen LogP contribution in [0, 0.1) is 0 Å². The molecule has 1 N–H and O–H groups in total. The molecule has 0 saturated carbocycles. The highest BCUT2D eigenvalue weighted by Gasteiger charge is 2.14.